The number of fused-ring (bicyclic) bond motifs is 1. The molecule has 28 heavy (non-hydrogen) atoms. The standard InChI is InChI=1S/C21H21FN4O2/c1-12-11-16(12)23-21(28)25-19-20(27)26(2)17-10-6-4-8-14(17)18(24-19)13-7-3-5-9-15(13)22/h3-10,12,16,19H,11H2,1-2H3,(H2,23,25,28). The summed E-state index contributed by atoms with van der Waals surface area (Å²) >= 11 is 0. The molecule has 2 aromatic rings. The van der Waals surface area contributed by atoms with Gasteiger partial charge in [0.25, 0.3) is 5.91 Å². The van der Waals surface area contributed by atoms with E-state index in [1.807, 2.05) is 13.0 Å². The van der Waals surface area contributed by atoms with Gasteiger partial charge in [-0.15, -0.1) is 0 Å². The van der Waals surface area contributed by atoms with Crippen LogP contribution in [0.3, 0.4) is 0 Å². The fourth-order valence-corrected chi connectivity index (χ4v) is 3.34. The van der Waals surface area contributed by atoms with E-state index in [0.717, 1.165) is 6.42 Å². The molecule has 1 heterocycles. The van der Waals surface area contributed by atoms with Crippen LogP contribution in [-0.2, 0) is 4.79 Å². The number of aliphatic imine (C=N–C) groups is 1. The molecule has 1 fully saturated rings. The summed E-state index contributed by atoms with van der Waals surface area (Å²) in [5.74, 6) is -0.402. The minimum atomic E-state index is -1.15. The van der Waals surface area contributed by atoms with Crippen LogP contribution in [0.15, 0.2) is 53.5 Å². The third kappa shape index (κ3) is 3.35. The van der Waals surface area contributed by atoms with Gasteiger partial charge in [0, 0.05) is 24.2 Å². The number of hydrogen-bond donors (Lipinski definition) is 2. The molecule has 3 amide bonds. The minimum absolute atomic E-state index is 0.117. The van der Waals surface area contributed by atoms with Crippen molar-refractivity contribution in [2.45, 2.75) is 25.6 Å². The molecule has 3 atom stereocenters. The molecule has 0 radical (unpaired) electrons. The number of benzene rings is 2. The van der Waals surface area contributed by atoms with Gasteiger partial charge in [-0.1, -0.05) is 37.3 Å². The number of benzodiazepines with no additional fused rings is 1. The summed E-state index contributed by atoms with van der Waals surface area (Å²) < 4.78 is 14.5. The first-order valence-corrected chi connectivity index (χ1v) is 9.22. The summed E-state index contributed by atoms with van der Waals surface area (Å²) in [6.07, 6.45) is -0.234. The zero-order valence-electron chi connectivity index (χ0n) is 15.6. The number of amides is 3. The first-order valence-electron chi connectivity index (χ1n) is 9.22. The Morgan fingerprint density at radius 3 is 2.43 bits per heavy atom. The van der Waals surface area contributed by atoms with E-state index in [-0.39, 0.29) is 11.6 Å². The van der Waals surface area contributed by atoms with Crippen LogP contribution in [0.5, 0.6) is 0 Å². The van der Waals surface area contributed by atoms with Crippen molar-refractivity contribution in [3.8, 4) is 0 Å². The van der Waals surface area contributed by atoms with Crippen LogP contribution in [0.2, 0.25) is 0 Å². The van der Waals surface area contributed by atoms with Crippen LogP contribution in [0.4, 0.5) is 14.9 Å². The number of carbonyl (C=O) groups excluding carboxylic acids is 2. The Bertz CT molecular complexity index is 974. The lowest BCUT2D eigenvalue weighted by atomic mass is 10.00. The monoisotopic (exact) mass is 380 g/mol. The molecule has 2 aromatic carbocycles. The summed E-state index contributed by atoms with van der Waals surface area (Å²) in [6, 6.07) is 13.1. The second-order valence-corrected chi connectivity index (χ2v) is 7.21. The number of nitrogens with zero attached hydrogens (tertiary/aromatic N) is 2. The molecule has 0 spiro atoms. The van der Waals surface area contributed by atoms with Crippen LogP contribution in [-0.4, -0.2) is 36.9 Å². The molecule has 1 aliphatic carbocycles. The van der Waals surface area contributed by atoms with Gasteiger partial charge in [-0.25, -0.2) is 14.2 Å². The Morgan fingerprint density at radius 1 is 1.11 bits per heavy atom. The molecule has 144 valence electrons. The molecule has 1 aliphatic heterocycles. The second-order valence-electron chi connectivity index (χ2n) is 7.21. The van der Waals surface area contributed by atoms with E-state index in [1.165, 1.54) is 11.0 Å². The van der Waals surface area contributed by atoms with E-state index in [0.29, 0.717) is 22.9 Å². The second kappa shape index (κ2) is 7.07. The maximum Gasteiger partial charge on any atom is 0.317 e. The average molecular weight is 380 g/mol. The lowest BCUT2D eigenvalue weighted by molar-refractivity contribution is -0.119. The molecule has 2 aliphatic rings. The van der Waals surface area contributed by atoms with Crippen LogP contribution >= 0.6 is 0 Å². The van der Waals surface area contributed by atoms with E-state index in [9.17, 15) is 14.0 Å². The van der Waals surface area contributed by atoms with Crippen molar-refractivity contribution < 1.29 is 14.0 Å². The van der Waals surface area contributed by atoms with Crippen LogP contribution in [0, 0.1) is 11.7 Å². The zero-order chi connectivity index (χ0) is 19.8. The highest BCUT2D eigenvalue weighted by Gasteiger charge is 2.36. The highest BCUT2D eigenvalue weighted by atomic mass is 19.1. The van der Waals surface area contributed by atoms with Crippen LogP contribution in [0.25, 0.3) is 0 Å². The smallest absolute Gasteiger partial charge is 0.317 e. The number of anilines is 1. The van der Waals surface area contributed by atoms with E-state index in [1.54, 1.807) is 43.4 Å². The van der Waals surface area contributed by atoms with Crippen molar-refractivity contribution >= 4 is 23.3 Å². The van der Waals surface area contributed by atoms with Crippen molar-refractivity contribution in [2.75, 3.05) is 11.9 Å². The van der Waals surface area contributed by atoms with Gasteiger partial charge in [0.05, 0.1) is 11.4 Å². The van der Waals surface area contributed by atoms with E-state index in [2.05, 4.69) is 15.6 Å². The molecule has 0 saturated heterocycles. The summed E-state index contributed by atoms with van der Waals surface area (Å²) in [7, 11) is 1.62. The normalized spacial score (nSPS) is 23.4. The summed E-state index contributed by atoms with van der Waals surface area (Å²) in [6.45, 7) is 2.04. The van der Waals surface area contributed by atoms with Gasteiger partial charge in [-0.05, 0) is 30.5 Å². The maximum atomic E-state index is 14.5. The molecule has 0 bridgehead atoms. The number of para-hydroxylation sites is 1. The Kier molecular flexibility index (Phi) is 4.58. The van der Waals surface area contributed by atoms with Gasteiger partial charge >= 0.3 is 6.03 Å². The first-order chi connectivity index (χ1) is 13.5. The summed E-state index contributed by atoms with van der Waals surface area (Å²) in [5, 5.41) is 5.46. The van der Waals surface area contributed by atoms with E-state index >= 15 is 0 Å². The summed E-state index contributed by atoms with van der Waals surface area (Å²) in [4.78, 5) is 31.2. The molecule has 6 nitrogen and oxygen atoms in total. The van der Waals surface area contributed by atoms with Gasteiger partial charge in [-0.2, -0.15) is 0 Å². The summed E-state index contributed by atoms with van der Waals surface area (Å²) in [5.41, 5.74) is 1.84. The van der Waals surface area contributed by atoms with Gasteiger partial charge in [0.1, 0.15) is 5.82 Å². The Labute approximate surface area is 162 Å². The fourth-order valence-electron chi connectivity index (χ4n) is 3.34. The van der Waals surface area contributed by atoms with E-state index in [4.69, 9.17) is 0 Å². The SMILES string of the molecule is CC1CC1NC(=O)NC1N=C(c2ccccc2F)c2ccccc2N(C)C1=O. The lowest BCUT2D eigenvalue weighted by Gasteiger charge is -2.21. The minimum Gasteiger partial charge on any atom is -0.335 e. The van der Waals surface area contributed by atoms with Gasteiger partial charge in [0.15, 0.2) is 0 Å². The van der Waals surface area contributed by atoms with Crippen LogP contribution < -0.4 is 15.5 Å². The number of halogens is 1. The third-order valence-corrected chi connectivity index (χ3v) is 5.17. The average Bonchev–Trinajstić information content (AvgIpc) is 3.39. The number of rotatable bonds is 3. The van der Waals surface area contributed by atoms with Crippen LogP contribution in [0.1, 0.15) is 24.5 Å². The molecule has 0 aromatic heterocycles. The topological polar surface area (TPSA) is 73.8 Å². The van der Waals surface area contributed by atoms with Crippen molar-refractivity contribution in [3.63, 3.8) is 0 Å². The first kappa shape index (κ1) is 18.2. The van der Waals surface area contributed by atoms with Gasteiger partial charge < -0.3 is 15.5 Å². The van der Waals surface area contributed by atoms with Gasteiger partial charge in [0.2, 0.25) is 6.17 Å². The highest BCUT2D eigenvalue weighted by molar-refractivity contribution is 6.20. The predicted octanol–water partition coefficient (Wildman–Crippen LogP) is 2.67. The van der Waals surface area contributed by atoms with E-state index < -0.39 is 23.9 Å². The van der Waals surface area contributed by atoms with Crippen molar-refractivity contribution in [1.29, 1.82) is 0 Å². The Hall–Kier alpha value is -3.22. The number of nitrogens with one attached hydrogen (secondary N) is 2. The largest absolute Gasteiger partial charge is 0.335 e. The molecule has 2 N–H and O–H groups in total. The predicted molar refractivity (Wildman–Crippen MR) is 105 cm³/mol. The molecule has 4 rings (SSSR count). The number of likely N-dealkylation sites (N-methyl/N-ethyl adjacent to an activating group) is 1. The molecular formula is C21H21FN4O2. The number of urea groups is 1. The maximum absolute atomic E-state index is 14.5. The highest BCUT2D eigenvalue weighted by Crippen LogP contribution is 2.29. The molecular weight excluding hydrogens is 359 g/mol. The third-order valence-electron chi connectivity index (χ3n) is 5.17. The quantitative estimate of drug-likeness (QED) is 0.859. The van der Waals surface area contributed by atoms with Crippen molar-refractivity contribution in [2.24, 2.45) is 10.9 Å². The zero-order valence-corrected chi connectivity index (χ0v) is 15.6. The molecule has 1 saturated carbocycles. The Balaban J connectivity index is 1.75. The number of hydrogen-bond acceptors (Lipinski definition) is 3. The van der Waals surface area contributed by atoms with Crippen molar-refractivity contribution in [3.05, 3.63) is 65.5 Å². The number of carbonyl (C=O) groups is 2. The molecule has 3 unspecified atom stereocenters. The van der Waals surface area contributed by atoms with Crippen molar-refractivity contribution in [1.82, 2.24) is 10.6 Å². The fraction of sp³-hybridized carbons (Fsp3) is 0.286. The molecule has 7 heteroatoms. The Morgan fingerprint density at radius 2 is 1.75 bits per heavy atom. The van der Waals surface area contributed by atoms with Gasteiger partial charge in [-0.3, -0.25) is 4.79 Å². The lowest BCUT2D eigenvalue weighted by Crippen LogP contribution is -2.50.